The summed E-state index contributed by atoms with van der Waals surface area (Å²) in [5.74, 6) is 1.07. The summed E-state index contributed by atoms with van der Waals surface area (Å²) in [4.78, 5) is 3.45. The van der Waals surface area contributed by atoms with E-state index in [4.69, 9.17) is 16.3 Å². The fraction of sp³-hybridized carbons (Fsp3) is 0.571. The van der Waals surface area contributed by atoms with Gasteiger partial charge in [-0.3, -0.25) is 0 Å². The van der Waals surface area contributed by atoms with Gasteiger partial charge in [-0.25, -0.2) is 0 Å². The van der Waals surface area contributed by atoms with Crippen molar-refractivity contribution in [3.63, 3.8) is 0 Å². The van der Waals surface area contributed by atoms with Crippen LogP contribution >= 0.6 is 23.4 Å². The number of halogens is 1. The highest BCUT2D eigenvalue weighted by atomic mass is 35.5. The lowest BCUT2D eigenvalue weighted by molar-refractivity contribution is 0.199. The number of nitrogens with one attached hydrogen (secondary N) is 1. The molecule has 0 bridgehead atoms. The first-order valence-corrected chi connectivity index (χ1v) is 7.75. The Bertz CT molecular complexity index is 374. The van der Waals surface area contributed by atoms with E-state index in [1.165, 1.54) is 10.5 Å². The van der Waals surface area contributed by atoms with Gasteiger partial charge >= 0.3 is 0 Å². The first-order valence-electron chi connectivity index (χ1n) is 6.39. The van der Waals surface area contributed by atoms with Gasteiger partial charge < -0.3 is 15.0 Å². The average molecular weight is 303 g/mol. The summed E-state index contributed by atoms with van der Waals surface area (Å²) in [6.07, 6.45) is 0. The van der Waals surface area contributed by atoms with E-state index in [2.05, 4.69) is 36.4 Å². The lowest BCUT2D eigenvalue weighted by atomic mass is 10.2. The summed E-state index contributed by atoms with van der Waals surface area (Å²) < 4.78 is 5.03. The van der Waals surface area contributed by atoms with E-state index >= 15 is 0 Å². The SMILES string of the molecule is COCCNCc1ccc(Cl)cc1SCCN(C)C. The van der Waals surface area contributed by atoms with Crippen molar-refractivity contribution in [2.75, 3.05) is 46.7 Å². The molecule has 1 aromatic rings. The number of hydrogen-bond acceptors (Lipinski definition) is 4. The van der Waals surface area contributed by atoms with E-state index in [1.807, 2.05) is 17.8 Å². The van der Waals surface area contributed by atoms with E-state index in [-0.39, 0.29) is 0 Å². The molecule has 108 valence electrons. The second kappa shape index (κ2) is 9.61. The Balaban J connectivity index is 2.53. The zero-order chi connectivity index (χ0) is 14.1. The normalized spacial score (nSPS) is 11.2. The molecule has 0 unspecified atom stereocenters. The summed E-state index contributed by atoms with van der Waals surface area (Å²) in [6.45, 7) is 3.51. The minimum atomic E-state index is 0.733. The highest BCUT2D eigenvalue weighted by molar-refractivity contribution is 7.99. The number of nitrogens with zero attached hydrogens (tertiary/aromatic N) is 1. The molecule has 0 saturated carbocycles. The fourth-order valence-corrected chi connectivity index (χ4v) is 2.99. The van der Waals surface area contributed by atoms with Gasteiger partial charge in [-0.1, -0.05) is 17.7 Å². The number of ether oxygens (including phenoxy) is 1. The summed E-state index contributed by atoms with van der Waals surface area (Å²) in [7, 11) is 5.89. The van der Waals surface area contributed by atoms with Crippen molar-refractivity contribution >= 4 is 23.4 Å². The molecule has 0 aliphatic heterocycles. The van der Waals surface area contributed by atoms with Gasteiger partial charge in [0.15, 0.2) is 0 Å². The van der Waals surface area contributed by atoms with E-state index in [1.54, 1.807) is 7.11 Å². The Kier molecular flexibility index (Phi) is 8.50. The van der Waals surface area contributed by atoms with Gasteiger partial charge in [0.1, 0.15) is 0 Å². The van der Waals surface area contributed by atoms with Crippen LogP contribution in [0.5, 0.6) is 0 Å². The third-order valence-corrected chi connectivity index (χ3v) is 3.94. The Hall–Kier alpha value is -0.260. The maximum atomic E-state index is 6.08. The molecule has 1 rings (SSSR count). The lowest BCUT2D eigenvalue weighted by Crippen LogP contribution is -2.19. The predicted octanol–water partition coefficient (Wildman–Crippen LogP) is 2.73. The van der Waals surface area contributed by atoms with Crippen molar-refractivity contribution in [1.29, 1.82) is 0 Å². The summed E-state index contributed by atoms with van der Waals surface area (Å²) in [5, 5.41) is 4.17. The van der Waals surface area contributed by atoms with Crippen LogP contribution in [0.4, 0.5) is 0 Å². The quantitative estimate of drug-likeness (QED) is 0.560. The molecule has 1 aromatic carbocycles. The van der Waals surface area contributed by atoms with Crippen LogP contribution in [0, 0.1) is 0 Å². The molecule has 19 heavy (non-hydrogen) atoms. The van der Waals surface area contributed by atoms with Crippen molar-refractivity contribution in [3.05, 3.63) is 28.8 Å². The van der Waals surface area contributed by atoms with Crippen molar-refractivity contribution in [3.8, 4) is 0 Å². The van der Waals surface area contributed by atoms with Crippen LogP contribution in [0.1, 0.15) is 5.56 Å². The Morgan fingerprint density at radius 1 is 1.37 bits per heavy atom. The molecule has 1 N–H and O–H groups in total. The second-order valence-electron chi connectivity index (χ2n) is 4.57. The molecule has 0 spiro atoms. The Morgan fingerprint density at radius 3 is 2.84 bits per heavy atom. The minimum Gasteiger partial charge on any atom is -0.383 e. The molecule has 0 fully saturated rings. The maximum absolute atomic E-state index is 6.08. The lowest BCUT2D eigenvalue weighted by Gasteiger charge is -2.13. The zero-order valence-corrected chi connectivity index (χ0v) is 13.5. The molecule has 0 amide bonds. The van der Waals surface area contributed by atoms with Crippen LogP contribution in [-0.4, -0.2) is 51.6 Å². The van der Waals surface area contributed by atoms with E-state index in [0.717, 1.165) is 37.0 Å². The molecule has 0 heterocycles. The molecule has 0 aliphatic carbocycles. The van der Waals surface area contributed by atoms with Crippen LogP contribution in [0.3, 0.4) is 0 Å². The van der Waals surface area contributed by atoms with E-state index < -0.39 is 0 Å². The molecular weight excluding hydrogens is 280 g/mol. The molecule has 0 aromatic heterocycles. The van der Waals surface area contributed by atoms with E-state index in [9.17, 15) is 0 Å². The molecular formula is C14H23ClN2OS. The fourth-order valence-electron chi connectivity index (χ4n) is 1.54. The average Bonchev–Trinajstić information content (AvgIpc) is 2.36. The maximum Gasteiger partial charge on any atom is 0.0587 e. The van der Waals surface area contributed by atoms with Gasteiger partial charge in [0, 0.05) is 42.4 Å². The predicted molar refractivity (Wildman–Crippen MR) is 84.3 cm³/mol. The first-order chi connectivity index (χ1) is 9.13. The number of rotatable bonds is 9. The van der Waals surface area contributed by atoms with Crippen LogP contribution in [0.25, 0.3) is 0 Å². The Labute approximate surface area is 125 Å². The third kappa shape index (κ3) is 7.18. The van der Waals surface area contributed by atoms with Crippen LogP contribution in [0.2, 0.25) is 5.02 Å². The van der Waals surface area contributed by atoms with Gasteiger partial charge in [-0.2, -0.15) is 0 Å². The molecule has 0 radical (unpaired) electrons. The molecule has 0 aliphatic rings. The highest BCUT2D eigenvalue weighted by Gasteiger charge is 2.04. The van der Waals surface area contributed by atoms with Crippen molar-refractivity contribution < 1.29 is 4.74 Å². The topological polar surface area (TPSA) is 24.5 Å². The number of hydrogen-bond donors (Lipinski definition) is 1. The zero-order valence-electron chi connectivity index (χ0n) is 11.9. The largest absolute Gasteiger partial charge is 0.383 e. The van der Waals surface area contributed by atoms with Crippen molar-refractivity contribution in [1.82, 2.24) is 10.2 Å². The second-order valence-corrected chi connectivity index (χ2v) is 6.15. The molecule has 0 saturated heterocycles. The standard InChI is InChI=1S/C14H23ClN2OS/c1-17(2)7-9-19-14-10-13(15)5-4-12(14)11-16-6-8-18-3/h4-5,10,16H,6-9,11H2,1-3H3. The van der Waals surface area contributed by atoms with Gasteiger partial charge in [0.25, 0.3) is 0 Å². The van der Waals surface area contributed by atoms with Gasteiger partial charge in [-0.15, -0.1) is 11.8 Å². The monoisotopic (exact) mass is 302 g/mol. The van der Waals surface area contributed by atoms with Crippen LogP contribution < -0.4 is 5.32 Å². The van der Waals surface area contributed by atoms with Gasteiger partial charge in [0.05, 0.1) is 6.61 Å². The molecule has 0 atom stereocenters. The number of methoxy groups -OCH3 is 1. The van der Waals surface area contributed by atoms with Crippen LogP contribution in [-0.2, 0) is 11.3 Å². The molecule has 5 heteroatoms. The smallest absolute Gasteiger partial charge is 0.0587 e. The van der Waals surface area contributed by atoms with Crippen molar-refractivity contribution in [2.24, 2.45) is 0 Å². The summed E-state index contributed by atoms with van der Waals surface area (Å²) in [5.41, 5.74) is 1.30. The van der Waals surface area contributed by atoms with E-state index in [0.29, 0.717) is 0 Å². The van der Waals surface area contributed by atoms with Gasteiger partial charge in [-0.05, 0) is 31.8 Å². The summed E-state index contributed by atoms with van der Waals surface area (Å²) in [6, 6.07) is 6.10. The minimum absolute atomic E-state index is 0.733. The van der Waals surface area contributed by atoms with Crippen LogP contribution in [0.15, 0.2) is 23.1 Å². The number of benzene rings is 1. The van der Waals surface area contributed by atoms with Gasteiger partial charge in [0.2, 0.25) is 0 Å². The Morgan fingerprint density at radius 2 is 2.16 bits per heavy atom. The summed E-state index contributed by atoms with van der Waals surface area (Å²) >= 11 is 7.93. The highest BCUT2D eigenvalue weighted by Crippen LogP contribution is 2.26. The first kappa shape index (κ1) is 16.8. The third-order valence-electron chi connectivity index (χ3n) is 2.62. The van der Waals surface area contributed by atoms with Crippen molar-refractivity contribution in [2.45, 2.75) is 11.4 Å². The molecule has 3 nitrogen and oxygen atoms in total. The number of thioether (sulfide) groups is 1.